The van der Waals surface area contributed by atoms with Crippen molar-refractivity contribution in [3.63, 3.8) is 0 Å². The summed E-state index contributed by atoms with van der Waals surface area (Å²) in [4.78, 5) is 11.1. The van der Waals surface area contributed by atoms with Crippen LogP contribution in [0.1, 0.15) is 18.4 Å². The summed E-state index contributed by atoms with van der Waals surface area (Å²) in [5, 5.41) is 9.73. The fraction of sp³-hybridized carbons (Fsp3) is 0.214. The van der Waals surface area contributed by atoms with Crippen LogP contribution in [0.25, 0.3) is 6.08 Å². The number of allylic oxidation sites excluding steroid dienone is 2. The number of aliphatic hydroxyl groups excluding tert-OH is 1. The van der Waals surface area contributed by atoms with Crippen molar-refractivity contribution in [1.82, 2.24) is 0 Å². The molecule has 0 saturated carbocycles. The predicted molar refractivity (Wildman–Crippen MR) is 64.4 cm³/mol. The van der Waals surface area contributed by atoms with Gasteiger partial charge in [0, 0.05) is 5.57 Å². The van der Waals surface area contributed by atoms with Crippen LogP contribution in [0.2, 0.25) is 0 Å². The number of ketones is 1. The Bertz CT molecular complexity index is 554. The lowest BCUT2D eigenvalue weighted by Crippen LogP contribution is -2.24. The fourth-order valence-corrected chi connectivity index (χ4v) is 1.97. The normalized spacial score (nSPS) is 18.2. The highest BCUT2D eigenvalue weighted by Crippen LogP contribution is 2.35. The zero-order valence-electron chi connectivity index (χ0n) is 9.87. The molecule has 0 fully saturated rings. The number of Topliss-reactive ketones (excluding diaryl/α,β-unsaturated/α-hetero) is 1. The molecule has 100 valence electrons. The molecule has 0 spiro atoms. The fourth-order valence-electron chi connectivity index (χ4n) is 1.97. The topological polar surface area (TPSA) is 37.3 Å². The van der Waals surface area contributed by atoms with E-state index in [0.717, 1.165) is 5.56 Å². The molecule has 5 heteroatoms. The molecule has 2 nitrogen and oxygen atoms in total. The molecule has 0 heterocycles. The van der Waals surface area contributed by atoms with Crippen molar-refractivity contribution < 1.29 is 23.1 Å². The Morgan fingerprint density at radius 3 is 2.37 bits per heavy atom. The third-order valence-electron chi connectivity index (χ3n) is 2.91. The minimum absolute atomic E-state index is 0.0805. The number of hydrogen-bond donors (Lipinski definition) is 1. The van der Waals surface area contributed by atoms with Crippen LogP contribution in [0.15, 0.2) is 47.2 Å². The highest BCUT2D eigenvalue weighted by atomic mass is 19.4. The van der Waals surface area contributed by atoms with Gasteiger partial charge in [-0.15, -0.1) is 0 Å². The van der Waals surface area contributed by atoms with Gasteiger partial charge in [-0.1, -0.05) is 30.3 Å². The Balaban J connectivity index is 2.31. The largest absolute Gasteiger partial charge is 0.507 e. The summed E-state index contributed by atoms with van der Waals surface area (Å²) in [5.41, 5.74) is 0.582. The lowest BCUT2D eigenvalue weighted by atomic mass is 10.1. The van der Waals surface area contributed by atoms with E-state index in [1.165, 1.54) is 0 Å². The molecule has 2 rings (SSSR count). The van der Waals surface area contributed by atoms with Gasteiger partial charge < -0.3 is 5.11 Å². The molecule has 0 unspecified atom stereocenters. The van der Waals surface area contributed by atoms with Crippen LogP contribution < -0.4 is 0 Å². The van der Waals surface area contributed by atoms with Crippen LogP contribution in [0, 0.1) is 0 Å². The first kappa shape index (κ1) is 13.4. The van der Waals surface area contributed by atoms with Crippen LogP contribution in [0.5, 0.6) is 0 Å². The first-order valence-corrected chi connectivity index (χ1v) is 5.69. The van der Waals surface area contributed by atoms with Crippen LogP contribution in [0.3, 0.4) is 0 Å². The van der Waals surface area contributed by atoms with Gasteiger partial charge in [-0.05, 0) is 30.1 Å². The van der Waals surface area contributed by atoms with Crippen molar-refractivity contribution in [2.75, 3.05) is 0 Å². The molecule has 1 N–H and O–H groups in total. The van der Waals surface area contributed by atoms with Gasteiger partial charge in [0.05, 0.1) is 0 Å². The molecule has 1 aromatic carbocycles. The summed E-state index contributed by atoms with van der Waals surface area (Å²) in [6.45, 7) is 0. The number of aliphatic hydroxyl groups is 1. The molecule has 1 aromatic rings. The van der Waals surface area contributed by atoms with Gasteiger partial charge in [-0.2, -0.15) is 13.2 Å². The van der Waals surface area contributed by atoms with Gasteiger partial charge in [-0.25, -0.2) is 0 Å². The Hall–Kier alpha value is -2.04. The minimum Gasteiger partial charge on any atom is -0.507 e. The monoisotopic (exact) mass is 268 g/mol. The zero-order chi connectivity index (χ0) is 14.0. The van der Waals surface area contributed by atoms with E-state index in [1.807, 2.05) is 6.07 Å². The van der Waals surface area contributed by atoms with E-state index < -0.39 is 23.3 Å². The van der Waals surface area contributed by atoms with Crippen molar-refractivity contribution in [2.24, 2.45) is 0 Å². The molecule has 0 aromatic heterocycles. The smallest absolute Gasteiger partial charge is 0.454 e. The standard InChI is InChI=1S/C14H11F3O2/c15-14(16,17)13(19)11-7-6-10(12(11)18)8-9-4-2-1-3-5-9/h1-5,8,18H,6-7H2/b10-8+. The van der Waals surface area contributed by atoms with Crippen molar-refractivity contribution >= 4 is 11.9 Å². The van der Waals surface area contributed by atoms with E-state index >= 15 is 0 Å². The molecule has 1 aliphatic rings. The number of carbonyl (C=O) groups is 1. The minimum atomic E-state index is -4.94. The number of alkyl halides is 3. The van der Waals surface area contributed by atoms with Gasteiger partial charge in [0.25, 0.3) is 5.78 Å². The van der Waals surface area contributed by atoms with Crippen LogP contribution in [0.4, 0.5) is 13.2 Å². The number of rotatable bonds is 2. The summed E-state index contributed by atoms with van der Waals surface area (Å²) in [7, 11) is 0. The van der Waals surface area contributed by atoms with Crippen molar-refractivity contribution in [1.29, 1.82) is 0 Å². The second-order valence-corrected chi connectivity index (χ2v) is 4.23. The summed E-state index contributed by atoms with van der Waals surface area (Å²) in [5.74, 6) is -2.49. The molecule has 0 bridgehead atoms. The first-order chi connectivity index (χ1) is 8.89. The number of carbonyl (C=O) groups excluding carboxylic acids is 1. The SMILES string of the molecule is O=C(C1=C(O)/C(=C/c2ccccc2)CC1)C(F)(F)F. The Morgan fingerprint density at radius 1 is 1.16 bits per heavy atom. The third-order valence-corrected chi connectivity index (χ3v) is 2.91. The third kappa shape index (κ3) is 2.86. The Kier molecular flexibility index (Phi) is 3.46. The number of hydrogen-bond acceptors (Lipinski definition) is 2. The average molecular weight is 268 g/mol. The van der Waals surface area contributed by atoms with Crippen LogP contribution >= 0.6 is 0 Å². The molecule has 1 aliphatic carbocycles. The highest BCUT2D eigenvalue weighted by molar-refractivity contribution is 6.01. The van der Waals surface area contributed by atoms with Gasteiger partial charge in [0.15, 0.2) is 0 Å². The van der Waals surface area contributed by atoms with Crippen molar-refractivity contribution in [2.45, 2.75) is 19.0 Å². The quantitative estimate of drug-likeness (QED) is 0.885. The van der Waals surface area contributed by atoms with E-state index in [-0.39, 0.29) is 12.8 Å². The maximum Gasteiger partial charge on any atom is 0.454 e. The maximum absolute atomic E-state index is 12.3. The predicted octanol–water partition coefficient (Wildman–Crippen LogP) is 3.81. The Labute approximate surface area is 107 Å². The molecule has 19 heavy (non-hydrogen) atoms. The van der Waals surface area contributed by atoms with Gasteiger partial charge >= 0.3 is 6.18 Å². The van der Waals surface area contributed by atoms with E-state index in [0.29, 0.717) is 5.57 Å². The molecule has 0 aliphatic heterocycles. The molecule has 0 saturated heterocycles. The lowest BCUT2D eigenvalue weighted by Gasteiger charge is -2.05. The molecular formula is C14H11F3O2. The summed E-state index contributed by atoms with van der Waals surface area (Å²) in [6.07, 6.45) is -3.20. The number of halogens is 3. The van der Waals surface area contributed by atoms with E-state index in [9.17, 15) is 23.1 Å². The van der Waals surface area contributed by atoms with Gasteiger partial charge in [0.2, 0.25) is 0 Å². The highest BCUT2D eigenvalue weighted by Gasteiger charge is 2.43. The lowest BCUT2D eigenvalue weighted by molar-refractivity contribution is -0.166. The zero-order valence-corrected chi connectivity index (χ0v) is 9.87. The molecule has 0 radical (unpaired) electrons. The second kappa shape index (κ2) is 4.91. The molecule has 0 atom stereocenters. The molecule has 0 amide bonds. The summed E-state index contributed by atoms with van der Waals surface area (Å²) >= 11 is 0. The van der Waals surface area contributed by atoms with E-state index in [4.69, 9.17) is 0 Å². The van der Waals surface area contributed by atoms with Crippen molar-refractivity contribution in [3.8, 4) is 0 Å². The second-order valence-electron chi connectivity index (χ2n) is 4.23. The Morgan fingerprint density at radius 2 is 1.79 bits per heavy atom. The van der Waals surface area contributed by atoms with E-state index in [2.05, 4.69) is 0 Å². The van der Waals surface area contributed by atoms with Crippen molar-refractivity contribution in [3.05, 3.63) is 52.8 Å². The molecular weight excluding hydrogens is 257 g/mol. The first-order valence-electron chi connectivity index (χ1n) is 5.69. The maximum atomic E-state index is 12.3. The van der Waals surface area contributed by atoms with Gasteiger partial charge in [-0.3, -0.25) is 4.79 Å². The summed E-state index contributed by atoms with van der Waals surface area (Å²) in [6, 6.07) is 8.91. The average Bonchev–Trinajstić information content (AvgIpc) is 2.70. The summed E-state index contributed by atoms with van der Waals surface area (Å²) < 4.78 is 36.9. The van der Waals surface area contributed by atoms with Crippen LogP contribution in [-0.4, -0.2) is 17.1 Å². The van der Waals surface area contributed by atoms with E-state index in [1.54, 1.807) is 30.3 Å². The van der Waals surface area contributed by atoms with Crippen LogP contribution in [-0.2, 0) is 4.79 Å². The van der Waals surface area contributed by atoms with Gasteiger partial charge in [0.1, 0.15) is 5.76 Å². The number of benzene rings is 1.